The summed E-state index contributed by atoms with van der Waals surface area (Å²) in [6, 6.07) is 6.16. The number of nitrogen functional groups attached to an aromatic ring is 1. The number of carbonyl (C=O) groups is 1. The van der Waals surface area contributed by atoms with E-state index in [4.69, 9.17) is 5.73 Å². The lowest BCUT2D eigenvalue weighted by atomic mass is 10.1. The van der Waals surface area contributed by atoms with E-state index < -0.39 is 0 Å². The minimum absolute atomic E-state index is 0.0725. The highest BCUT2D eigenvalue weighted by atomic mass is 16.2. The van der Waals surface area contributed by atoms with E-state index in [0.29, 0.717) is 6.54 Å². The van der Waals surface area contributed by atoms with Gasteiger partial charge in [-0.2, -0.15) is 4.98 Å². The summed E-state index contributed by atoms with van der Waals surface area (Å²) < 4.78 is 0. The average molecular weight is 259 g/mol. The maximum atomic E-state index is 12.1. The fourth-order valence-corrected chi connectivity index (χ4v) is 1.90. The summed E-state index contributed by atoms with van der Waals surface area (Å²) in [5.74, 6) is -0.00259. The normalized spacial score (nSPS) is 10.5. The summed E-state index contributed by atoms with van der Waals surface area (Å²) >= 11 is 0. The van der Waals surface area contributed by atoms with Gasteiger partial charge in [-0.05, 0) is 25.0 Å². The Morgan fingerprint density at radius 3 is 2.74 bits per heavy atom. The van der Waals surface area contributed by atoms with Gasteiger partial charge in [0.25, 0.3) is 5.91 Å². The lowest BCUT2D eigenvalue weighted by Gasteiger charge is -2.17. The van der Waals surface area contributed by atoms with Gasteiger partial charge in [0, 0.05) is 13.6 Å². The van der Waals surface area contributed by atoms with Crippen LogP contribution in [0.1, 0.15) is 27.3 Å². The lowest BCUT2D eigenvalue weighted by molar-refractivity contribution is 0.0773. The SMILES string of the molecule is Cc1ccc(CN(C)C(=O)c2nc(N)n[nH]2)c(C)c1. The number of nitrogens with two attached hydrogens (primary N) is 1. The first-order valence-corrected chi connectivity index (χ1v) is 5.97. The monoisotopic (exact) mass is 259 g/mol. The fourth-order valence-electron chi connectivity index (χ4n) is 1.90. The summed E-state index contributed by atoms with van der Waals surface area (Å²) in [5.41, 5.74) is 8.86. The largest absolute Gasteiger partial charge is 0.366 e. The van der Waals surface area contributed by atoms with Crippen LogP contribution < -0.4 is 5.73 Å². The average Bonchev–Trinajstić information content (AvgIpc) is 2.78. The molecule has 1 aromatic heterocycles. The molecule has 0 spiro atoms. The Morgan fingerprint density at radius 1 is 1.42 bits per heavy atom. The van der Waals surface area contributed by atoms with Gasteiger partial charge in [0.2, 0.25) is 11.8 Å². The van der Waals surface area contributed by atoms with E-state index in [0.717, 1.165) is 11.1 Å². The van der Waals surface area contributed by atoms with Gasteiger partial charge in [0.05, 0.1) is 0 Å². The molecule has 0 aliphatic carbocycles. The molecule has 6 nitrogen and oxygen atoms in total. The topological polar surface area (TPSA) is 87.9 Å². The van der Waals surface area contributed by atoms with Crippen molar-refractivity contribution >= 4 is 11.9 Å². The van der Waals surface area contributed by atoms with Crippen LogP contribution in [0.4, 0.5) is 5.95 Å². The lowest BCUT2D eigenvalue weighted by Crippen LogP contribution is -2.27. The third kappa shape index (κ3) is 2.90. The minimum Gasteiger partial charge on any atom is -0.366 e. The molecule has 1 aromatic carbocycles. The molecule has 6 heteroatoms. The van der Waals surface area contributed by atoms with Crippen molar-refractivity contribution in [2.45, 2.75) is 20.4 Å². The van der Waals surface area contributed by atoms with Crippen LogP contribution >= 0.6 is 0 Å². The molecule has 0 saturated carbocycles. The second-order valence-electron chi connectivity index (χ2n) is 4.63. The van der Waals surface area contributed by atoms with Crippen LogP contribution in [0.3, 0.4) is 0 Å². The molecule has 0 aliphatic rings. The number of H-pyrrole nitrogens is 1. The van der Waals surface area contributed by atoms with Gasteiger partial charge >= 0.3 is 0 Å². The number of aryl methyl sites for hydroxylation is 2. The van der Waals surface area contributed by atoms with Gasteiger partial charge < -0.3 is 10.6 Å². The molecule has 0 radical (unpaired) electrons. The van der Waals surface area contributed by atoms with Crippen molar-refractivity contribution in [2.24, 2.45) is 0 Å². The molecule has 0 bridgehead atoms. The number of aromatic nitrogens is 3. The molecule has 0 aliphatic heterocycles. The third-order valence-corrected chi connectivity index (χ3v) is 2.96. The first kappa shape index (κ1) is 13.1. The molecule has 1 heterocycles. The summed E-state index contributed by atoms with van der Waals surface area (Å²) in [4.78, 5) is 17.5. The maximum Gasteiger partial charge on any atom is 0.291 e. The summed E-state index contributed by atoms with van der Waals surface area (Å²) in [6.45, 7) is 4.60. The van der Waals surface area contributed by atoms with E-state index >= 15 is 0 Å². The van der Waals surface area contributed by atoms with Crippen molar-refractivity contribution in [3.63, 3.8) is 0 Å². The van der Waals surface area contributed by atoms with Crippen LogP contribution in [0.2, 0.25) is 0 Å². The molecule has 100 valence electrons. The highest BCUT2D eigenvalue weighted by molar-refractivity contribution is 5.90. The van der Waals surface area contributed by atoms with Gasteiger partial charge in [0.1, 0.15) is 0 Å². The van der Waals surface area contributed by atoms with Crippen LogP contribution in [-0.4, -0.2) is 33.0 Å². The number of nitrogens with zero attached hydrogens (tertiary/aromatic N) is 3. The maximum absolute atomic E-state index is 12.1. The third-order valence-electron chi connectivity index (χ3n) is 2.96. The first-order valence-electron chi connectivity index (χ1n) is 5.97. The Hall–Kier alpha value is -2.37. The van der Waals surface area contributed by atoms with Gasteiger partial charge in [-0.1, -0.05) is 23.8 Å². The molecule has 0 atom stereocenters. The molecule has 3 N–H and O–H groups in total. The Bertz CT molecular complexity index is 605. The quantitative estimate of drug-likeness (QED) is 0.869. The van der Waals surface area contributed by atoms with Crippen LogP contribution in [-0.2, 0) is 6.54 Å². The second kappa shape index (κ2) is 5.09. The van der Waals surface area contributed by atoms with Crippen molar-refractivity contribution in [3.8, 4) is 0 Å². The number of benzene rings is 1. The summed E-state index contributed by atoms with van der Waals surface area (Å²) in [6.07, 6.45) is 0. The molecular formula is C13H17N5O. The zero-order valence-corrected chi connectivity index (χ0v) is 11.3. The zero-order chi connectivity index (χ0) is 14.0. The van der Waals surface area contributed by atoms with E-state index in [2.05, 4.69) is 21.2 Å². The van der Waals surface area contributed by atoms with Gasteiger partial charge in [0.15, 0.2) is 0 Å². The number of amides is 1. The number of rotatable bonds is 3. The van der Waals surface area contributed by atoms with E-state index in [9.17, 15) is 4.79 Å². The van der Waals surface area contributed by atoms with Crippen molar-refractivity contribution in [1.82, 2.24) is 20.1 Å². The van der Waals surface area contributed by atoms with E-state index in [1.807, 2.05) is 26.0 Å². The molecule has 2 rings (SSSR count). The van der Waals surface area contributed by atoms with E-state index in [1.165, 1.54) is 5.56 Å². The van der Waals surface area contributed by atoms with Crippen LogP contribution in [0, 0.1) is 13.8 Å². The molecule has 2 aromatic rings. The van der Waals surface area contributed by atoms with Gasteiger partial charge in [-0.15, -0.1) is 5.10 Å². The van der Waals surface area contributed by atoms with Crippen molar-refractivity contribution in [2.75, 3.05) is 12.8 Å². The number of hydrogen-bond donors (Lipinski definition) is 2. The number of carbonyl (C=O) groups excluding carboxylic acids is 1. The number of aromatic amines is 1. The number of hydrogen-bond acceptors (Lipinski definition) is 4. The number of anilines is 1. The van der Waals surface area contributed by atoms with Crippen LogP contribution in [0.5, 0.6) is 0 Å². The van der Waals surface area contributed by atoms with Gasteiger partial charge in [-0.25, -0.2) is 0 Å². The highest BCUT2D eigenvalue weighted by Gasteiger charge is 2.16. The Morgan fingerprint density at radius 2 is 2.16 bits per heavy atom. The summed E-state index contributed by atoms with van der Waals surface area (Å²) in [7, 11) is 1.72. The molecule has 0 unspecified atom stereocenters. The predicted octanol–water partition coefficient (Wildman–Crippen LogP) is 1.28. The molecule has 19 heavy (non-hydrogen) atoms. The van der Waals surface area contributed by atoms with Crippen LogP contribution in [0.15, 0.2) is 18.2 Å². The highest BCUT2D eigenvalue weighted by Crippen LogP contribution is 2.13. The second-order valence-corrected chi connectivity index (χ2v) is 4.63. The molecule has 1 amide bonds. The minimum atomic E-state index is -0.232. The van der Waals surface area contributed by atoms with Crippen molar-refractivity contribution in [1.29, 1.82) is 0 Å². The fraction of sp³-hybridized carbons (Fsp3) is 0.308. The standard InChI is InChI=1S/C13H17N5O/c1-8-4-5-10(9(2)6-8)7-18(3)12(19)11-15-13(14)17-16-11/h4-6H,7H2,1-3H3,(H3,14,15,16,17). The van der Waals surface area contributed by atoms with Crippen LogP contribution in [0.25, 0.3) is 0 Å². The Balaban J connectivity index is 2.12. The molecule has 0 fully saturated rings. The first-order chi connectivity index (χ1) is 8.97. The summed E-state index contributed by atoms with van der Waals surface area (Å²) in [5, 5.41) is 6.17. The van der Waals surface area contributed by atoms with Crippen molar-refractivity contribution in [3.05, 3.63) is 40.7 Å². The molecule has 0 saturated heterocycles. The van der Waals surface area contributed by atoms with Crippen molar-refractivity contribution < 1.29 is 4.79 Å². The molecular weight excluding hydrogens is 242 g/mol. The van der Waals surface area contributed by atoms with Gasteiger partial charge in [-0.3, -0.25) is 9.89 Å². The zero-order valence-electron chi connectivity index (χ0n) is 11.3. The predicted molar refractivity (Wildman–Crippen MR) is 72.5 cm³/mol. The van der Waals surface area contributed by atoms with E-state index in [1.54, 1.807) is 11.9 Å². The van der Waals surface area contributed by atoms with E-state index in [-0.39, 0.29) is 17.7 Å². The smallest absolute Gasteiger partial charge is 0.291 e. The Labute approximate surface area is 111 Å². The Kier molecular flexibility index (Phi) is 3.50. The number of nitrogens with one attached hydrogen (secondary N) is 1.